The van der Waals surface area contributed by atoms with Crippen molar-refractivity contribution in [1.82, 2.24) is 20.3 Å². The summed E-state index contributed by atoms with van der Waals surface area (Å²) in [5.41, 5.74) is 12.3. The van der Waals surface area contributed by atoms with Gasteiger partial charge in [-0.05, 0) is 28.3 Å². The van der Waals surface area contributed by atoms with Gasteiger partial charge in [-0.1, -0.05) is 42.5 Å². The maximum absolute atomic E-state index is 11.5. The summed E-state index contributed by atoms with van der Waals surface area (Å²) in [6, 6.07) is 15.1. The molecule has 1 aliphatic rings. The van der Waals surface area contributed by atoms with Gasteiger partial charge in [-0.25, -0.2) is 9.78 Å². The normalized spacial score (nSPS) is 14.8. The Kier molecular flexibility index (Phi) is 3.05. The summed E-state index contributed by atoms with van der Waals surface area (Å²) in [6.45, 7) is 0. The van der Waals surface area contributed by atoms with Gasteiger partial charge in [0, 0.05) is 11.8 Å². The first-order valence-corrected chi connectivity index (χ1v) is 8.30. The number of hydrogen-bond acceptors (Lipinski definition) is 3. The lowest BCUT2D eigenvalue weighted by molar-refractivity contribution is 0.247. The number of benzene rings is 2. The number of fused-ring (bicyclic) bond motifs is 4. The molecule has 1 atom stereocenters. The molecule has 1 unspecified atom stereocenters. The molecule has 0 radical (unpaired) electrons. The van der Waals surface area contributed by atoms with Gasteiger partial charge in [0.2, 0.25) is 0 Å². The summed E-state index contributed by atoms with van der Waals surface area (Å²) in [5, 5.41) is 2.86. The van der Waals surface area contributed by atoms with E-state index >= 15 is 0 Å². The molecule has 0 bridgehead atoms. The van der Waals surface area contributed by atoms with Gasteiger partial charge in [-0.3, -0.25) is 4.98 Å². The van der Waals surface area contributed by atoms with Crippen LogP contribution in [0.3, 0.4) is 0 Å². The number of aromatic nitrogens is 3. The largest absolute Gasteiger partial charge is 0.352 e. The zero-order valence-corrected chi connectivity index (χ0v) is 13.7. The summed E-state index contributed by atoms with van der Waals surface area (Å²) in [5.74, 6) is 0.777. The fourth-order valence-corrected chi connectivity index (χ4v) is 3.73. The molecule has 6 nitrogen and oxygen atoms in total. The third-order valence-corrected chi connectivity index (χ3v) is 4.77. The topological polar surface area (TPSA) is 96.7 Å². The molecule has 1 aliphatic carbocycles. The SMILES string of the molecule is NC(=O)NC1c2ccccc2-c2c(-c3nc4ccncc4[nH]3)cccc21. The molecule has 0 fully saturated rings. The predicted octanol–water partition coefficient (Wildman–Crippen LogP) is 3.36. The molecular formula is C20H15N5O. The molecule has 2 amide bonds. The van der Waals surface area contributed by atoms with E-state index in [9.17, 15) is 4.79 Å². The third-order valence-electron chi connectivity index (χ3n) is 4.77. The van der Waals surface area contributed by atoms with Gasteiger partial charge in [0.15, 0.2) is 0 Å². The van der Waals surface area contributed by atoms with Gasteiger partial charge in [-0.2, -0.15) is 0 Å². The molecular weight excluding hydrogens is 326 g/mol. The molecule has 0 saturated carbocycles. The highest BCUT2D eigenvalue weighted by atomic mass is 16.2. The van der Waals surface area contributed by atoms with Crippen molar-refractivity contribution >= 4 is 17.1 Å². The number of carbonyl (C=O) groups is 1. The summed E-state index contributed by atoms with van der Waals surface area (Å²) in [6.07, 6.45) is 3.49. The fourth-order valence-electron chi connectivity index (χ4n) is 3.73. The number of aromatic amines is 1. The van der Waals surface area contributed by atoms with Crippen LogP contribution in [0, 0.1) is 0 Å². The van der Waals surface area contributed by atoms with Crippen LogP contribution in [-0.4, -0.2) is 21.0 Å². The van der Waals surface area contributed by atoms with Crippen LogP contribution >= 0.6 is 0 Å². The van der Waals surface area contributed by atoms with E-state index < -0.39 is 6.03 Å². The molecule has 4 aromatic rings. The van der Waals surface area contributed by atoms with Gasteiger partial charge >= 0.3 is 6.03 Å². The fraction of sp³-hybridized carbons (Fsp3) is 0.0500. The standard InChI is InChI=1S/C20H15N5O/c21-20(26)25-18-12-5-2-1-4-11(12)17-13(18)6-3-7-14(17)19-23-15-8-9-22-10-16(15)24-19/h1-10,18H,(H,23,24)(H3,21,25,26). The number of rotatable bonds is 2. The van der Waals surface area contributed by atoms with Crippen LogP contribution in [-0.2, 0) is 0 Å². The van der Waals surface area contributed by atoms with Crippen LogP contribution in [0.4, 0.5) is 4.79 Å². The van der Waals surface area contributed by atoms with Crippen LogP contribution < -0.4 is 11.1 Å². The molecule has 2 aromatic heterocycles. The first-order chi connectivity index (χ1) is 12.7. The van der Waals surface area contributed by atoms with E-state index in [1.54, 1.807) is 12.4 Å². The van der Waals surface area contributed by atoms with E-state index in [1.165, 1.54) is 0 Å². The van der Waals surface area contributed by atoms with Crippen LogP contribution in [0.5, 0.6) is 0 Å². The lowest BCUT2D eigenvalue weighted by Crippen LogP contribution is -2.32. The van der Waals surface area contributed by atoms with E-state index in [4.69, 9.17) is 10.7 Å². The number of hydrogen-bond donors (Lipinski definition) is 3. The Morgan fingerprint density at radius 2 is 1.85 bits per heavy atom. The highest BCUT2D eigenvalue weighted by molar-refractivity contribution is 5.92. The number of nitrogens with one attached hydrogen (secondary N) is 2. The van der Waals surface area contributed by atoms with Crippen LogP contribution in [0.2, 0.25) is 0 Å². The molecule has 4 N–H and O–H groups in total. The van der Waals surface area contributed by atoms with Crippen molar-refractivity contribution in [1.29, 1.82) is 0 Å². The Labute approximate surface area is 149 Å². The number of H-pyrrole nitrogens is 1. The zero-order valence-electron chi connectivity index (χ0n) is 13.7. The molecule has 26 heavy (non-hydrogen) atoms. The highest BCUT2D eigenvalue weighted by Crippen LogP contribution is 2.47. The molecule has 2 aromatic carbocycles. The van der Waals surface area contributed by atoms with Crippen LogP contribution in [0.1, 0.15) is 17.2 Å². The van der Waals surface area contributed by atoms with E-state index in [-0.39, 0.29) is 6.04 Å². The van der Waals surface area contributed by atoms with Gasteiger partial charge < -0.3 is 16.0 Å². The minimum Gasteiger partial charge on any atom is -0.352 e. The zero-order chi connectivity index (χ0) is 17.7. The van der Waals surface area contributed by atoms with Crippen molar-refractivity contribution in [2.45, 2.75) is 6.04 Å². The number of nitrogens with zero attached hydrogens (tertiary/aromatic N) is 2. The number of urea groups is 1. The van der Waals surface area contributed by atoms with Crippen molar-refractivity contribution in [2.75, 3.05) is 0 Å². The van der Waals surface area contributed by atoms with Crippen molar-refractivity contribution in [3.05, 3.63) is 72.1 Å². The summed E-state index contributed by atoms with van der Waals surface area (Å²) >= 11 is 0. The molecule has 0 spiro atoms. The molecule has 0 aliphatic heterocycles. The second kappa shape index (κ2) is 5.42. The van der Waals surface area contributed by atoms with Crippen molar-refractivity contribution in [3.63, 3.8) is 0 Å². The molecule has 2 heterocycles. The number of primary amides is 1. The van der Waals surface area contributed by atoms with Crippen LogP contribution in [0.25, 0.3) is 33.5 Å². The Hall–Kier alpha value is -3.67. The van der Waals surface area contributed by atoms with Gasteiger partial charge in [-0.15, -0.1) is 0 Å². The monoisotopic (exact) mass is 341 g/mol. The van der Waals surface area contributed by atoms with Gasteiger partial charge in [0.05, 0.1) is 23.3 Å². The second-order valence-corrected chi connectivity index (χ2v) is 6.28. The lowest BCUT2D eigenvalue weighted by Gasteiger charge is -2.14. The first-order valence-electron chi connectivity index (χ1n) is 8.30. The number of pyridine rings is 1. The van der Waals surface area contributed by atoms with Crippen molar-refractivity contribution < 1.29 is 4.79 Å². The van der Waals surface area contributed by atoms with Crippen LogP contribution in [0.15, 0.2) is 60.9 Å². The molecule has 126 valence electrons. The minimum absolute atomic E-state index is 0.260. The Morgan fingerprint density at radius 3 is 2.69 bits per heavy atom. The van der Waals surface area contributed by atoms with Crippen molar-refractivity contribution in [3.8, 4) is 22.5 Å². The Balaban J connectivity index is 1.76. The number of amides is 2. The maximum atomic E-state index is 11.5. The number of nitrogens with two attached hydrogens (primary N) is 1. The van der Waals surface area contributed by atoms with Gasteiger partial charge in [0.25, 0.3) is 0 Å². The van der Waals surface area contributed by atoms with Gasteiger partial charge in [0.1, 0.15) is 5.82 Å². The molecule has 0 saturated heterocycles. The average molecular weight is 341 g/mol. The summed E-state index contributed by atoms with van der Waals surface area (Å²) in [4.78, 5) is 23.7. The first kappa shape index (κ1) is 14.7. The molecule has 5 rings (SSSR count). The quantitative estimate of drug-likeness (QED) is 0.521. The van der Waals surface area contributed by atoms with E-state index in [0.717, 1.165) is 44.7 Å². The number of carbonyl (C=O) groups excluding carboxylic acids is 1. The van der Waals surface area contributed by atoms with Crippen molar-refractivity contribution in [2.24, 2.45) is 5.73 Å². The lowest BCUT2D eigenvalue weighted by atomic mass is 9.99. The minimum atomic E-state index is -0.544. The summed E-state index contributed by atoms with van der Waals surface area (Å²) < 4.78 is 0. The predicted molar refractivity (Wildman–Crippen MR) is 99.3 cm³/mol. The number of imidazole rings is 1. The smallest absolute Gasteiger partial charge is 0.312 e. The summed E-state index contributed by atoms with van der Waals surface area (Å²) in [7, 11) is 0. The molecule has 6 heteroatoms. The Morgan fingerprint density at radius 1 is 1.04 bits per heavy atom. The van der Waals surface area contributed by atoms with E-state index in [1.807, 2.05) is 42.5 Å². The maximum Gasteiger partial charge on any atom is 0.312 e. The van der Waals surface area contributed by atoms with E-state index in [0.29, 0.717) is 0 Å². The Bertz CT molecular complexity index is 1130. The van der Waals surface area contributed by atoms with E-state index in [2.05, 4.69) is 21.4 Å². The second-order valence-electron chi connectivity index (χ2n) is 6.28. The highest BCUT2D eigenvalue weighted by Gasteiger charge is 2.31. The average Bonchev–Trinajstić information content (AvgIpc) is 3.22. The third kappa shape index (κ3) is 2.09.